The molecule has 2 N–H and O–H groups in total. The van der Waals surface area contributed by atoms with Gasteiger partial charge >= 0.3 is 12.0 Å². The van der Waals surface area contributed by atoms with Crippen molar-refractivity contribution in [2.45, 2.75) is 32.4 Å². The minimum atomic E-state index is -0.915. The Bertz CT molecular complexity index is 982. The van der Waals surface area contributed by atoms with Gasteiger partial charge in [-0.2, -0.15) is 0 Å². The van der Waals surface area contributed by atoms with Gasteiger partial charge in [0, 0.05) is 18.1 Å². The van der Waals surface area contributed by atoms with Crippen molar-refractivity contribution in [3.05, 3.63) is 84.7 Å². The minimum Gasteiger partial charge on any atom is -0.458 e. The van der Waals surface area contributed by atoms with Crippen molar-refractivity contribution < 1.29 is 14.3 Å². The van der Waals surface area contributed by atoms with E-state index in [4.69, 9.17) is 4.74 Å². The topological polar surface area (TPSA) is 80.3 Å². The molecule has 0 unspecified atom stereocenters. The lowest BCUT2D eigenvalue weighted by Crippen LogP contribution is -2.40. The van der Waals surface area contributed by atoms with E-state index < -0.39 is 23.6 Å². The van der Waals surface area contributed by atoms with Crippen LogP contribution in [0.1, 0.15) is 32.4 Å². The fraction of sp³-hybridized carbons (Fsp3) is 0.208. The summed E-state index contributed by atoms with van der Waals surface area (Å²) in [6.45, 7) is 5.37. The fourth-order valence-corrected chi connectivity index (χ4v) is 2.87. The fourth-order valence-electron chi connectivity index (χ4n) is 2.87. The highest BCUT2D eigenvalue weighted by Crippen LogP contribution is 2.22. The van der Waals surface area contributed by atoms with Gasteiger partial charge in [-0.05, 0) is 61.7 Å². The first-order valence-electron chi connectivity index (χ1n) is 9.67. The molecule has 2 aromatic carbocycles. The van der Waals surface area contributed by atoms with Crippen LogP contribution in [0, 0.1) is 0 Å². The Morgan fingerprint density at radius 1 is 0.867 bits per heavy atom. The molecule has 30 heavy (non-hydrogen) atoms. The summed E-state index contributed by atoms with van der Waals surface area (Å²) < 4.78 is 5.48. The Morgan fingerprint density at radius 3 is 2.07 bits per heavy atom. The molecular formula is C24H25N3O3. The number of anilines is 1. The lowest BCUT2D eigenvalue weighted by molar-refractivity contribution is -0.157. The maximum atomic E-state index is 12.7. The van der Waals surface area contributed by atoms with Crippen molar-refractivity contribution in [2.75, 3.05) is 5.32 Å². The zero-order valence-electron chi connectivity index (χ0n) is 17.3. The maximum absolute atomic E-state index is 12.7. The van der Waals surface area contributed by atoms with Gasteiger partial charge in [0.1, 0.15) is 5.60 Å². The third-order valence-corrected chi connectivity index (χ3v) is 4.21. The van der Waals surface area contributed by atoms with Crippen LogP contribution in [0.15, 0.2) is 79.1 Å². The van der Waals surface area contributed by atoms with Crippen LogP contribution in [0.3, 0.4) is 0 Å². The van der Waals surface area contributed by atoms with E-state index in [0.29, 0.717) is 11.3 Å². The summed E-state index contributed by atoms with van der Waals surface area (Å²) in [5, 5.41) is 5.49. The number of carbonyl (C=O) groups is 2. The van der Waals surface area contributed by atoms with Gasteiger partial charge in [0.05, 0.1) is 0 Å². The summed E-state index contributed by atoms with van der Waals surface area (Å²) in [7, 11) is 0. The van der Waals surface area contributed by atoms with E-state index in [1.807, 2.05) is 42.5 Å². The van der Waals surface area contributed by atoms with Gasteiger partial charge in [0.15, 0.2) is 6.04 Å². The highest BCUT2D eigenvalue weighted by Gasteiger charge is 2.28. The molecule has 3 aromatic rings. The number of amides is 2. The van der Waals surface area contributed by atoms with Gasteiger partial charge in [0.2, 0.25) is 0 Å². The van der Waals surface area contributed by atoms with Crippen LogP contribution in [0.25, 0.3) is 11.1 Å². The molecule has 0 saturated carbocycles. The normalized spacial score (nSPS) is 12.0. The smallest absolute Gasteiger partial charge is 0.333 e. The molecule has 0 aliphatic rings. The second-order valence-corrected chi connectivity index (χ2v) is 7.79. The first-order chi connectivity index (χ1) is 14.3. The highest BCUT2D eigenvalue weighted by molar-refractivity contribution is 5.93. The number of rotatable bonds is 5. The second kappa shape index (κ2) is 9.22. The Balaban J connectivity index is 1.70. The van der Waals surface area contributed by atoms with Crippen LogP contribution in [0.2, 0.25) is 0 Å². The van der Waals surface area contributed by atoms with E-state index in [1.54, 1.807) is 57.4 Å². The lowest BCUT2D eigenvalue weighted by Gasteiger charge is -2.25. The average molecular weight is 403 g/mol. The number of urea groups is 1. The zero-order valence-corrected chi connectivity index (χ0v) is 17.3. The number of esters is 1. The van der Waals surface area contributed by atoms with Gasteiger partial charge in [-0.1, -0.05) is 42.5 Å². The van der Waals surface area contributed by atoms with E-state index in [1.165, 1.54) is 0 Å². The molecule has 0 fully saturated rings. The predicted octanol–water partition coefficient (Wildman–Crippen LogP) is 4.95. The van der Waals surface area contributed by atoms with E-state index in [2.05, 4.69) is 15.6 Å². The summed E-state index contributed by atoms with van der Waals surface area (Å²) in [4.78, 5) is 29.3. The monoisotopic (exact) mass is 403 g/mol. The predicted molar refractivity (Wildman–Crippen MR) is 117 cm³/mol. The molecule has 0 saturated heterocycles. The maximum Gasteiger partial charge on any atom is 0.333 e. The van der Waals surface area contributed by atoms with E-state index in [9.17, 15) is 9.59 Å². The number of nitrogens with one attached hydrogen (secondary N) is 2. The Kier molecular flexibility index (Phi) is 6.47. The van der Waals surface area contributed by atoms with Crippen LogP contribution in [0.4, 0.5) is 10.5 Å². The van der Waals surface area contributed by atoms with Gasteiger partial charge in [0.25, 0.3) is 0 Å². The number of pyridine rings is 1. The van der Waals surface area contributed by atoms with Crippen LogP contribution < -0.4 is 10.6 Å². The quantitative estimate of drug-likeness (QED) is 0.591. The molecule has 0 aliphatic heterocycles. The van der Waals surface area contributed by atoms with Crippen molar-refractivity contribution in [3.8, 4) is 11.1 Å². The molecule has 0 bridgehead atoms. The zero-order chi connectivity index (χ0) is 21.6. The molecule has 6 heteroatoms. The molecule has 154 valence electrons. The first-order valence-corrected chi connectivity index (χ1v) is 9.67. The van der Waals surface area contributed by atoms with Crippen molar-refractivity contribution in [3.63, 3.8) is 0 Å². The lowest BCUT2D eigenvalue weighted by atomic mass is 10.1. The molecule has 1 heterocycles. The number of hydrogen-bond donors (Lipinski definition) is 2. The van der Waals surface area contributed by atoms with E-state index >= 15 is 0 Å². The molecule has 6 nitrogen and oxygen atoms in total. The molecule has 0 radical (unpaired) electrons. The van der Waals surface area contributed by atoms with Crippen molar-refractivity contribution in [2.24, 2.45) is 0 Å². The first kappa shape index (κ1) is 21.0. The molecule has 1 atom stereocenters. The number of hydrogen-bond acceptors (Lipinski definition) is 4. The second-order valence-electron chi connectivity index (χ2n) is 7.79. The third kappa shape index (κ3) is 5.91. The summed E-state index contributed by atoms with van der Waals surface area (Å²) in [5.41, 5.74) is 2.65. The largest absolute Gasteiger partial charge is 0.458 e. The van der Waals surface area contributed by atoms with Crippen molar-refractivity contribution >= 4 is 17.7 Å². The molecular weight excluding hydrogens is 378 g/mol. The average Bonchev–Trinajstić information content (AvgIpc) is 2.72. The number of carbonyl (C=O) groups excluding carboxylic acids is 2. The molecule has 0 spiro atoms. The van der Waals surface area contributed by atoms with E-state index in [0.717, 1.165) is 11.1 Å². The Labute approximate surface area is 176 Å². The summed E-state index contributed by atoms with van der Waals surface area (Å²) in [6, 6.07) is 18.9. The SMILES string of the molecule is CC(C)(C)OC(=O)[C@@H](NC(=O)Nc1ccc(-c2ccncc2)cc1)c1ccccc1. The number of ether oxygens (including phenoxy) is 1. The number of benzene rings is 2. The van der Waals surface area contributed by atoms with Crippen LogP contribution in [-0.2, 0) is 9.53 Å². The Morgan fingerprint density at radius 2 is 1.47 bits per heavy atom. The summed E-state index contributed by atoms with van der Waals surface area (Å²) in [6.07, 6.45) is 3.46. The van der Waals surface area contributed by atoms with Gasteiger partial charge < -0.3 is 15.4 Å². The Hall–Kier alpha value is -3.67. The van der Waals surface area contributed by atoms with Gasteiger partial charge in [-0.15, -0.1) is 0 Å². The molecule has 1 aromatic heterocycles. The van der Waals surface area contributed by atoms with E-state index in [-0.39, 0.29) is 0 Å². The van der Waals surface area contributed by atoms with Crippen molar-refractivity contribution in [1.82, 2.24) is 10.3 Å². The van der Waals surface area contributed by atoms with Gasteiger partial charge in [-0.3, -0.25) is 4.98 Å². The van der Waals surface area contributed by atoms with Crippen LogP contribution in [-0.4, -0.2) is 22.6 Å². The number of aromatic nitrogens is 1. The summed E-state index contributed by atoms with van der Waals surface area (Å²) >= 11 is 0. The molecule has 2 amide bonds. The number of nitrogens with zero attached hydrogens (tertiary/aromatic N) is 1. The minimum absolute atomic E-state index is 0.494. The summed E-state index contributed by atoms with van der Waals surface area (Å²) in [5.74, 6) is -0.517. The molecule has 3 rings (SSSR count). The third-order valence-electron chi connectivity index (χ3n) is 4.21. The highest BCUT2D eigenvalue weighted by atomic mass is 16.6. The molecule has 0 aliphatic carbocycles. The van der Waals surface area contributed by atoms with Gasteiger partial charge in [-0.25, -0.2) is 9.59 Å². The van der Waals surface area contributed by atoms with Crippen LogP contribution in [0.5, 0.6) is 0 Å². The standard InChI is InChI=1S/C24H25N3O3/c1-24(2,3)30-22(28)21(19-7-5-4-6-8-19)27-23(29)26-20-11-9-17(10-12-20)18-13-15-25-16-14-18/h4-16,21H,1-3H3,(H2,26,27,29)/t21-/m0/s1. The van der Waals surface area contributed by atoms with Crippen LogP contribution >= 0.6 is 0 Å². The van der Waals surface area contributed by atoms with Crippen molar-refractivity contribution in [1.29, 1.82) is 0 Å².